The number of thiazole rings is 1. The van der Waals surface area contributed by atoms with Crippen molar-refractivity contribution in [2.24, 2.45) is 0 Å². The van der Waals surface area contributed by atoms with E-state index in [4.69, 9.17) is 9.47 Å². The first-order valence-electron chi connectivity index (χ1n) is 13.3. The van der Waals surface area contributed by atoms with Crippen LogP contribution in [0.1, 0.15) is 17.8 Å². The maximum Gasteiger partial charge on any atom is 0.265 e. The number of aromatic nitrogens is 1. The number of anilines is 1. The molecule has 0 radical (unpaired) electrons. The molecule has 0 N–H and O–H groups in total. The zero-order valence-electron chi connectivity index (χ0n) is 23.4. The molecule has 0 bridgehead atoms. The highest BCUT2D eigenvalue weighted by atomic mass is 32.2. The fourth-order valence-corrected chi connectivity index (χ4v) is 8.20. The summed E-state index contributed by atoms with van der Waals surface area (Å²) in [5, 5.41) is 1.60. The maximum absolute atomic E-state index is 11.4. The predicted molar refractivity (Wildman–Crippen MR) is 167 cm³/mol. The van der Waals surface area contributed by atoms with Crippen LogP contribution in [0.25, 0.3) is 27.4 Å². The van der Waals surface area contributed by atoms with Crippen LogP contribution >= 0.6 is 23.1 Å². The van der Waals surface area contributed by atoms with Crippen molar-refractivity contribution in [3.63, 3.8) is 0 Å². The molecule has 0 spiro atoms. The summed E-state index contributed by atoms with van der Waals surface area (Å²) in [6.45, 7) is 0.562. The molecule has 4 aromatic rings. The number of methoxy groups -OCH3 is 2. The summed E-state index contributed by atoms with van der Waals surface area (Å²) in [6, 6.07) is 19.7. The molecule has 1 aliphatic rings. The van der Waals surface area contributed by atoms with Gasteiger partial charge in [0.25, 0.3) is 5.01 Å². The van der Waals surface area contributed by atoms with Gasteiger partial charge in [-0.25, -0.2) is 16.8 Å². The summed E-state index contributed by atoms with van der Waals surface area (Å²) in [7, 11) is -5.70. The molecule has 0 unspecified atom stereocenters. The Labute approximate surface area is 259 Å². The van der Waals surface area contributed by atoms with Gasteiger partial charge in [-0.05, 0) is 29.7 Å². The van der Waals surface area contributed by atoms with E-state index in [2.05, 4.69) is 6.07 Å². The molecule has 5 rings (SSSR count). The van der Waals surface area contributed by atoms with Gasteiger partial charge in [0.05, 0.1) is 57.3 Å². The molecule has 2 heterocycles. The van der Waals surface area contributed by atoms with E-state index in [0.717, 1.165) is 42.0 Å². The van der Waals surface area contributed by atoms with Gasteiger partial charge in [0.15, 0.2) is 18.0 Å². The Morgan fingerprint density at radius 1 is 0.860 bits per heavy atom. The topological polar surface area (TPSA) is 140 Å². The van der Waals surface area contributed by atoms with Gasteiger partial charge in [0.2, 0.25) is 5.52 Å². The second-order valence-corrected chi connectivity index (χ2v) is 15.0. The Morgan fingerprint density at radius 2 is 1.53 bits per heavy atom. The molecule has 0 saturated carbocycles. The minimum atomic E-state index is -4.39. The van der Waals surface area contributed by atoms with Crippen LogP contribution in [0, 0.1) is 0 Å². The lowest BCUT2D eigenvalue weighted by atomic mass is 10.0. The first kappa shape index (κ1) is 31.3. The third-order valence-electron chi connectivity index (χ3n) is 6.87. The van der Waals surface area contributed by atoms with Crippen LogP contribution in [0.15, 0.2) is 70.6 Å². The molecule has 0 saturated heterocycles. The van der Waals surface area contributed by atoms with Gasteiger partial charge in [-0.3, -0.25) is 0 Å². The first-order chi connectivity index (χ1) is 20.5. The highest BCUT2D eigenvalue weighted by Crippen LogP contribution is 2.48. The Hall–Kier alpha value is -3.14. The lowest BCUT2D eigenvalue weighted by Crippen LogP contribution is -2.36. The van der Waals surface area contributed by atoms with Gasteiger partial charge in [-0.15, -0.1) is 0 Å². The first-order valence-corrected chi connectivity index (χ1v) is 18.1. The quantitative estimate of drug-likeness (QED) is 0.156. The number of hydrogen-bond acceptors (Lipinski definition) is 11. The van der Waals surface area contributed by atoms with Crippen molar-refractivity contribution in [1.82, 2.24) is 0 Å². The van der Waals surface area contributed by atoms with Crippen molar-refractivity contribution in [3.8, 4) is 22.6 Å². The molecule has 0 amide bonds. The summed E-state index contributed by atoms with van der Waals surface area (Å²) in [5.74, 6) is 0.0650. The minimum Gasteiger partial charge on any atom is -0.748 e. The summed E-state index contributed by atoms with van der Waals surface area (Å²) in [5.41, 5.74) is 3.72. The smallest absolute Gasteiger partial charge is 0.265 e. The van der Waals surface area contributed by atoms with Crippen LogP contribution in [-0.4, -0.2) is 58.2 Å². The van der Waals surface area contributed by atoms with Gasteiger partial charge in [0, 0.05) is 35.4 Å². The van der Waals surface area contributed by atoms with Crippen LogP contribution in [0.3, 0.4) is 0 Å². The van der Waals surface area contributed by atoms with E-state index in [0.29, 0.717) is 18.0 Å². The molecule has 14 heteroatoms. The average Bonchev–Trinajstić information content (AvgIpc) is 3.47. The Morgan fingerprint density at radius 3 is 2.21 bits per heavy atom. The van der Waals surface area contributed by atoms with Gasteiger partial charge in [0.1, 0.15) is 4.70 Å². The summed E-state index contributed by atoms with van der Waals surface area (Å²) < 4.78 is 82.1. The molecule has 0 aliphatic carbocycles. The van der Waals surface area contributed by atoms with Gasteiger partial charge >= 0.3 is 0 Å². The molecule has 3 aromatic carbocycles. The number of thioether (sulfide) groups is 1. The normalized spacial score (nSPS) is 14.4. The largest absolute Gasteiger partial charge is 0.748 e. The van der Waals surface area contributed by atoms with Crippen LogP contribution in [0.2, 0.25) is 0 Å². The Bertz CT molecular complexity index is 1890. The van der Waals surface area contributed by atoms with Gasteiger partial charge in [-0.1, -0.05) is 59.5 Å². The van der Waals surface area contributed by atoms with E-state index in [1.165, 1.54) is 30.2 Å². The van der Waals surface area contributed by atoms with Crippen molar-refractivity contribution in [2.45, 2.75) is 24.3 Å². The summed E-state index contributed by atoms with van der Waals surface area (Å²) in [4.78, 5) is 2.99. The van der Waals surface area contributed by atoms with Crippen molar-refractivity contribution in [1.29, 1.82) is 0 Å². The zero-order chi connectivity index (χ0) is 30.8. The molecule has 10 nitrogen and oxygen atoms in total. The number of aryl methyl sites for hydroxylation is 1. The average molecular weight is 662 g/mol. The van der Waals surface area contributed by atoms with Gasteiger partial charge < -0.3 is 23.5 Å². The number of benzene rings is 3. The van der Waals surface area contributed by atoms with Crippen molar-refractivity contribution in [2.75, 3.05) is 37.2 Å². The van der Waals surface area contributed by atoms with Crippen molar-refractivity contribution in [3.05, 3.63) is 70.7 Å². The second kappa shape index (κ2) is 12.8. The lowest BCUT2D eigenvalue weighted by Gasteiger charge is -2.21. The molecule has 0 fully saturated rings. The molecular weight excluding hydrogens is 633 g/mol. The third kappa shape index (κ3) is 7.51. The molecule has 43 heavy (non-hydrogen) atoms. The molecule has 0 atom stereocenters. The number of fused-ring (bicyclic) bond motifs is 2. The highest BCUT2D eigenvalue weighted by Gasteiger charge is 2.29. The monoisotopic (exact) mass is 661 g/mol. The molecular formula is C29H29N2O8S4-. The third-order valence-corrected chi connectivity index (χ3v) is 10.7. The van der Waals surface area contributed by atoms with Crippen LogP contribution < -0.4 is 18.9 Å². The number of hydrogen-bond donors (Lipinski definition) is 0. The van der Waals surface area contributed by atoms with Crippen molar-refractivity contribution < 1.29 is 40.0 Å². The highest BCUT2D eigenvalue weighted by molar-refractivity contribution is 8.04. The van der Waals surface area contributed by atoms with E-state index in [9.17, 15) is 25.9 Å². The van der Waals surface area contributed by atoms with Gasteiger partial charge in [-0.2, -0.15) is 4.57 Å². The standard InChI is InChI=1S/C29H30N2O8S4/c1-38-24-17-23-27(18-25(24)39-2)41-29(31(23)13-7-15-43(35,36)37)19-28-30(12-6-14-42(32,33)34)22-16-21(10-11-26(22)40-28)20-8-4-3-5-9-20/h3-5,8-11,16-19H,6-7,12-15H2,1-2H3,(H-,32,33,34,35,36,37)/p-1. The van der Waals surface area contributed by atoms with E-state index in [-0.39, 0.29) is 19.4 Å². The maximum atomic E-state index is 11.4. The van der Waals surface area contributed by atoms with Crippen molar-refractivity contribution >= 4 is 65.3 Å². The molecule has 1 aliphatic heterocycles. The fraction of sp³-hybridized carbons (Fsp3) is 0.276. The predicted octanol–water partition coefficient (Wildman–Crippen LogP) is 4.65. The van der Waals surface area contributed by atoms with Crippen LogP contribution in [-0.2, 0) is 26.8 Å². The second-order valence-electron chi connectivity index (χ2n) is 9.78. The lowest BCUT2D eigenvalue weighted by molar-refractivity contribution is -0.668. The van der Waals surface area contributed by atoms with E-state index in [1.54, 1.807) is 7.11 Å². The van der Waals surface area contributed by atoms with Crippen LogP contribution in [0.5, 0.6) is 11.5 Å². The Kier molecular flexibility index (Phi) is 9.34. The van der Waals surface area contributed by atoms with E-state index < -0.39 is 31.7 Å². The summed E-state index contributed by atoms with van der Waals surface area (Å²) in [6.07, 6.45) is 2.22. The van der Waals surface area contributed by atoms with E-state index in [1.807, 2.05) is 70.1 Å². The fourth-order valence-electron chi connectivity index (χ4n) is 4.92. The summed E-state index contributed by atoms with van der Waals surface area (Å²) >= 11 is 2.98. The number of nitrogens with zero attached hydrogens (tertiary/aromatic N) is 2. The minimum absolute atomic E-state index is 0.117. The van der Waals surface area contributed by atoms with E-state index >= 15 is 0 Å². The molecule has 1 aromatic heterocycles. The zero-order valence-corrected chi connectivity index (χ0v) is 26.7. The Balaban J connectivity index is 1.59. The van der Waals surface area contributed by atoms with Crippen LogP contribution in [0.4, 0.5) is 5.69 Å². The number of rotatable bonds is 12. The molecule has 228 valence electrons. The number of ether oxygens (including phenoxy) is 2. The SMILES string of the molecule is COc1cc2sc(C=C3Sc4ccc(-c5ccccc5)cc4N3CCCS(=O)(=O)[O-])[n+](CCCS(=O)(=O)[O-])c2cc1OC.